The third-order valence-electron chi connectivity index (χ3n) is 3.76. The van der Waals surface area contributed by atoms with Gasteiger partial charge in [-0.2, -0.15) is 5.10 Å². The monoisotopic (exact) mass is 376 g/mol. The third-order valence-corrected chi connectivity index (χ3v) is 3.76. The molecule has 2 rings (SSSR count). The average molecular weight is 376 g/mol. The molecule has 0 radical (unpaired) electrons. The molecule has 27 heavy (non-hydrogen) atoms. The Kier molecular flexibility index (Phi) is 6.64. The maximum absolute atomic E-state index is 13.1. The number of aryl methyl sites for hydroxylation is 2. The van der Waals surface area contributed by atoms with Crippen LogP contribution in [0.15, 0.2) is 30.3 Å². The average Bonchev–Trinajstić information content (AvgIpc) is 2.91. The second-order valence-corrected chi connectivity index (χ2v) is 5.98. The summed E-state index contributed by atoms with van der Waals surface area (Å²) in [6, 6.07) is 6.99. The molecule has 0 fully saturated rings. The van der Waals surface area contributed by atoms with Crippen molar-refractivity contribution in [3.8, 4) is 0 Å². The zero-order chi connectivity index (χ0) is 20.0. The highest BCUT2D eigenvalue weighted by Crippen LogP contribution is 2.16. The predicted molar refractivity (Wildman–Crippen MR) is 95.2 cm³/mol. The van der Waals surface area contributed by atoms with E-state index < -0.39 is 30.2 Å². The number of rotatable bonds is 8. The summed E-state index contributed by atoms with van der Waals surface area (Å²) in [7, 11) is 0. The summed E-state index contributed by atoms with van der Waals surface area (Å²) in [5.74, 6) is -2.22. The van der Waals surface area contributed by atoms with Gasteiger partial charge in [0, 0.05) is 24.3 Å². The van der Waals surface area contributed by atoms with Crippen molar-refractivity contribution >= 4 is 23.5 Å². The lowest BCUT2D eigenvalue weighted by Crippen LogP contribution is -2.37. The minimum atomic E-state index is -0.622. The first-order chi connectivity index (χ1) is 12.8. The molecule has 1 aromatic carbocycles. The van der Waals surface area contributed by atoms with Gasteiger partial charge in [0.05, 0.1) is 5.69 Å². The lowest BCUT2D eigenvalue weighted by molar-refractivity contribution is -0.148. The van der Waals surface area contributed by atoms with Gasteiger partial charge in [0.1, 0.15) is 12.4 Å². The van der Waals surface area contributed by atoms with E-state index in [9.17, 15) is 18.8 Å². The van der Waals surface area contributed by atoms with E-state index in [2.05, 4.69) is 5.10 Å². The van der Waals surface area contributed by atoms with Gasteiger partial charge in [-0.05, 0) is 44.2 Å². The normalized spacial score (nSPS) is 10.5. The van der Waals surface area contributed by atoms with Crippen molar-refractivity contribution < 1.29 is 23.5 Å². The van der Waals surface area contributed by atoms with Gasteiger partial charge in [-0.1, -0.05) is 0 Å². The van der Waals surface area contributed by atoms with Crippen molar-refractivity contribution in [2.45, 2.75) is 26.8 Å². The molecular formula is C18H21FN4O4. The zero-order valence-electron chi connectivity index (χ0n) is 15.1. The van der Waals surface area contributed by atoms with Gasteiger partial charge >= 0.3 is 5.97 Å². The van der Waals surface area contributed by atoms with Crippen LogP contribution in [0.5, 0.6) is 0 Å². The first kappa shape index (κ1) is 20.1. The number of benzene rings is 1. The first-order valence-corrected chi connectivity index (χ1v) is 8.27. The summed E-state index contributed by atoms with van der Waals surface area (Å²) < 4.78 is 19.6. The summed E-state index contributed by atoms with van der Waals surface area (Å²) in [6.07, 6.45) is -0.0805. The van der Waals surface area contributed by atoms with Gasteiger partial charge in [0.2, 0.25) is 5.91 Å². The maximum atomic E-state index is 13.1. The number of carbonyl (C=O) groups is 3. The van der Waals surface area contributed by atoms with E-state index in [1.165, 1.54) is 33.8 Å². The zero-order valence-corrected chi connectivity index (χ0v) is 15.1. The van der Waals surface area contributed by atoms with Crippen molar-refractivity contribution in [3.05, 3.63) is 47.5 Å². The van der Waals surface area contributed by atoms with Crippen LogP contribution in [0.1, 0.15) is 17.8 Å². The summed E-state index contributed by atoms with van der Waals surface area (Å²) >= 11 is 0. The molecule has 0 bridgehead atoms. The van der Waals surface area contributed by atoms with Gasteiger partial charge in [0.15, 0.2) is 6.61 Å². The molecule has 0 aliphatic rings. The molecule has 0 unspecified atom stereocenters. The quantitative estimate of drug-likeness (QED) is 0.694. The van der Waals surface area contributed by atoms with E-state index in [0.717, 1.165) is 11.4 Å². The van der Waals surface area contributed by atoms with E-state index in [0.29, 0.717) is 5.69 Å². The second kappa shape index (κ2) is 8.93. The second-order valence-electron chi connectivity index (χ2n) is 5.98. The topological polar surface area (TPSA) is 108 Å². The number of hydrogen-bond acceptors (Lipinski definition) is 5. The Morgan fingerprint density at radius 2 is 1.89 bits per heavy atom. The Labute approximate surface area is 155 Å². The Bertz CT molecular complexity index is 832. The number of nitrogens with zero attached hydrogens (tertiary/aromatic N) is 3. The molecule has 0 aliphatic carbocycles. The number of anilines is 1. The highest BCUT2D eigenvalue weighted by Gasteiger charge is 2.19. The van der Waals surface area contributed by atoms with Gasteiger partial charge in [0.25, 0.3) is 5.91 Å². The standard InChI is InChI=1S/C18H21FN4O4/c1-12-9-13(2)23(21-12)10-18(26)27-11-17(25)22(8-7-16(20)24)15-5-3-14(19)4-6-15/h3-6,9H,7-8,10-11H2,1-2H3,(H2,20,24). The fourth-order valence-electron chi connectivity index (χ4n) is 2.46. The van der Waals surface area contributed by atoms with E-state index in [1.807, 2.05) is 6.07 Å². The van der Waals surface area contributed by atoms with Crippen LogP contribution in [0.25, 0.3) is 0 Å². The number of carbonyl (C=O) groups excluding carboxylic acids is 3. The molecule has 9 heteroatoms. The molecule has 0 saturated heterocycles. The largest absolute Gasteiger partial charge is 0.454 e. The Morgan fingerprint density at radius 1 is 1.22 bits per heavy atom. The van der Waals surface area contributed by atoms with Gasteiger partial charge in [-0.25, -0.2) is 4.39 Å². The van der Waals surface area contributed by atoms with Gasteiger partial charge in [-0.15, -0.1) is 0 Å². The van der Waals surface area contributed by atoms with Gasteiger partial charge in [-0.3, -0.25) is 19.1 Å². The molecule has 0 aliphatic heterocycles. The summed E-state index contributed by atoms with van der Waals surface area (Å²) in [4.78, 5) is 36.7. The van der Waals surface area contributed by atoms with E-state index >= 15 is 0 Å². The molecule has 144 valence electrons. The third kappa shape index (κ3) is 5.91. The number of nitrogens with two attached hydrogens (primary N) is 1. The van der Waals surface area contributed by atoms with Crippen LogP contribution in [-0.4, -0.2) is 40.7 Å². The van der Waals surface area contributed by atoms with E-state index in [-0.39, 0.29) is 19.5 Å². The molecule has 2 N–H and O–H groups in total. The SMILES string of the molecule is Cc1cc(C)n(CC(=O)OCC(=O)N(CCC(N)=O)c2ccc(F)cc2)n1. The number of halogens is 1. The summed E-state index contributed by atoms with van der Waals surface area (Å²) in [5, 5.41) is 4.15. The number of primary amides is 1. The fraction of sp³-hybridized carbons (Fsp3) is 0.333. The molecule has 1 aromatic heterocycles. The van der Waals surface area contributed by atoms with Crippen LogP contribution in [0.4, 0.5) is 10.1 Å². The highest BCUT2D eigenvalue weighted by atomic mass is 19.1. The predicted octanol–water partition coefficient (Wildman–Crippen LogP) is 1.09. The van der Waals surface area contributed by atoms with Crippen LogP contribution >= 0.6 is 0 Å². The van der Waals surface area contributed by atoms with Crippen LogP contribution < -0.4 is 10.6 Å². The number of aromatic nitrogens is 2. The van der Waals surface area contributed by atoms with Gasteiger partial charge < -0.3 is 15.4 Å². The number of ether oxygens (including phenoxy) is 1. The van der Waals surface area contributed by atoms with Crippen LogP contribution in [0, 0.1) is 19.7 Å². The maximum Gasteiger partial charge on any atom is 0.328 e. The van der Waals surface area contributed by atoms with Crippen LogP contribution in [-0.2, 0) is 25.7 Å². The Morgan fingerprint density at radius 3 is 2.44 bits per heavy atom. The van der Waals surface area contributed by atoms with Crippen LogP contribution in [0.2, 0.25) is 0 Å². The minimum Gasteiger partial charge on any atom is -0.454 e. The molecule has 2 amide bonds. The van der Waals surface area contributed by atoms with Crippen molar-refractivity contribution in [3.63, 3.8) is 0 Å². The lowest BCUT2D eigenvalue weighted by Gasteiger charge is -2.22. The van der Waals surface area contributed by atoms with Crippen molar-refractivity contribution in [2.24, 2.45) is 5.73 Å². The molecule has 1 heterocycles. The minimum absolute atomic E-state index is 0.00515. The lowest BCUT2D eigenvalue weighted by atomic mass is 10.2. The molecular weight excluding hydrogens is 355 g/mol. The van der Waals surface area contributed by atoms with E-state index in [1.54, 1.807) is 13.8 Å². The molecule has 0 saturated carbocycles. The Balaban J connectivity index is 1.99. The molecule has 0 atom stereocenters. The van der Waals surface area contributed by atoms with Crippen molar-refractivity contribution in [1.82, 2.24) is 9.78 Å². The molecule has 0 spiro atoms. The fourth-order valence-corrected chi connectivity index (χ4v) is 2.46. The van der Waals surface area contributed by atoms with Crippen molar-refractivity contribution in [2.75, 3.05) is 18.1 Å². The first-order valence-electron chi connectivity index (χ1n) is 8.27. The molecule has 2 aromatic rings. The van der Waals surface area contributed by atoms with E-state index in [4.69, 9.17) is 10.5 Å². The number of hydrogen-bond donors (Lipinski definition) is 1. The number of amides is 2. The molecule has 8 nitrogen and oxygen atoms in total. The van der Waals surface area contributed by atoms with Crippen LogP contribution in [0.3, 0.4) is 0 Å². The highest BCUT2D eigenvalue weighted by molar-refractivity contribution is 5.95. The number of esters is 1. The Hall–Kier alpha value is -3.23. The summed E-state index contributed by atoms with van der Waals surface area (Å²) in [6.45, 7) is 2.96. The van der Waals surface area contributed by atoms with Crippen molar-refractivity contribution in [1.29, 1.82) is 0 Å². The smallest absolute Gasteiger partial charge is 0.328 e. The summed E-state index contributed by atoms with van der Waals surface area (Å²) in [5.41, 5.74) is 7.07.